The highest BCUT2D eigenvalue weighted by molar-refractivity contribution is 5.89. The number of aryl methyl sites for hydroxylation is 2. The van der Waals surface area contributed by atoms with E-state index in [-0.39, 0.29) is 29.6 Å². The summed E-state index contributed by atoms with van der Waals surface area (Å²) < 4.78 is 44.9. The Morgan fingerprint density at radius 2 is 1.71 bits per heavy atom. The minimum Gasteiger partial charge on any atom is -0.490 e. The van der Waals surface area contributed by atoms with Crippen molar-refractivity contribution in [3.8, 4) is 16.9 Å². The zero-order valence-electron chi connectivity index (χ0n) is 32.4. The van der Waals surface area contributed by atoms with Gasteiger partial charge in [0.2, 0.25) is 5.91 Å². The molecule has 0 bridgehead atoms. The molecule has 1 saturated carbocycles. The van der Waals surface area contributed by atoms with Gasteiger partial charge >= 0.3 is 5.97 Å². The van der Waals surface area contributed by atoms with Gasteiger partial charge in [0.1, 0.15) is 17.5 Å². The Hall–Kier alpha value is -4.78. The molecule has 3 aliphatic heterocycles. The highest BCUT2D eigenvalue weighted by Crippen LogP contribution is 2.44. The van der Waals surface area contributed by atoms with E-state index in [4.69, 9.17) is 14.6 Å². The van der Waals surface area contributed by atoms with Crippen molar-refractivity contribution in [3.63, 3.8) is 0 Å². The standard InChI is InChI=1S/C42H51F2N7O4/c1-26(52)49-18-14-37-36(25-49)40(50-15-6-7-28-19-34(29-23-45-47(5)24-29)35(39(43)44)22-38(28)50)46-51(37)30-12-16-48(17-13-30)31-20-33(21-31)54-32-10-8-27(9-11-32)41(53)55-42(2,3)4/h8-11,19,22-24,30-31,33,39H,6-7,12-18,20-21,25H2,1-5H3. The molecule has 4 aromatic rings. The second-order valence-corrected chi connectivity index (χ2v) is 16.6. The number of carbonyl (C=O) groups excluding carboxylic acids is 2. The summed E-state index contributed by atoms with van der Waals surface area (Å²) in [6.07, 6.45) is 7.10. The van der Waals surface area contributed by atoms with Gasteiger partial charge in [-0.15, -0.1) is 0 Å². The number of anilines is 2. The normalized spacial score (nSPS) is 20.6. The molecular weight excluding hydrogens is 705 g/mol. The van der Waals surface area contributed by atoms with Crippen LogP contribution in [0.15, 0.2) is 48.8 Å². The second kappa shape index (κ2) is 14.7. The number of nitrogens with zero attached hydrogens (tertiary/aromatic N) is 7. The van der Waals surface area contributed by atoms with Gasteiger partial charge in [0.15, 0.2) is 5.82 Å². The summed E-state index contributed by atoms with van der Waals surface area (Å²) in [5.41, 5.74) is 5.14. The molecular formula is C42H51F2N7O4. The SMILES string of the molecule is CC(=O)N1CCc2c(c(N3CCCc4cc(-c5cnn(C)c5)c(C(F)F)cc43)nn2C2CCN(C3CC(Oc4ccc(C(=O)OC(C)(C)C)cc4)C3)CC2)C1. The van der Waals surface area contributed by atoms with Crippen LogP contribution in [0.3, 0.4) is 0 Å². The van der Waals surface area contributed by atoms with Gasteiger partial charge in [0, 0.05) is 99.7 Å². The van der Waals surface area contributed by atoms with Crippen molar-refractivity contribution in [2.24, 2.45) is 7.05 Å². The molecule has 4 aliphatic rings. The average Bonchev–Trinajstić information content (AvgIpc) is 3.75. The van der Waals surface area contributed by atoms with Gasteiger partial charge in [0.05, 0.1) is 24.3 Å². The van der Waals surface area contributed by atoms with Gasteiger partial charge in [-0.3, -0.25) is 19.1 Å². The number of rotatable bonds is 8. The van der Waals surface area contributed by atoms with Crippen LogP contribution in [-0.2, 0) is 36.0 Å². The first-order valence-corrected chi connectivity index (χ1v) is 19.6. The molecule has 2 aromatic heterocycles. The molecule has 55 heavy (non-hydrogen) atoms. The Balaban J connectivity index is 0.964. The van der Waals surface area contributed by atoms with Crippen molar-refractivity contribution >= 4 is 23.4 Å². The number of aromatic nitrogens is 4. The molecule has 0 atom stereocenters. The van der Waals surface area contributed by atoms with E-state index in [0.717, 1.165) is 85.7 Å². The van der Waals surface area contributed by atoms with Gasteiger partial charge in [-0.2, -0.15) is 10.2 Å². The zero-order valence-corrected chi connectivity index (χ0v) is 32.4. The Labute approximate surface area is 321 Å². The van der Waals surface area contributed by atoms with Crippen molar-refractivity contribution in [2.75, 3.05) is 31.1 Å². The molecule has 2 aromatic carbocycles. The van der Waals surface area contributed by atoms with Crippen molar-refractivity contribution in [2.45, 2.75) is 109 Å². The van der Waals surface area contributed by atoms with Crippen molar-refractivity contribution < 1.29 is 27.8 Å². The van der Waals surface area contributed by atoms with E-state index in [1.807, 2.05) is 43.9 Å². The minimum atomic E-state index is -2.65. The first-order chi connectivity index (χ1) is 26.3. The zero-order chi connectivity index (χ0) is 38.6. The van der Waals surface area contributed by atoms with E-state index in [9.17, 15) is 18.4 Å². The van der Waals surface area contributed by atoms with E-state index in [0.29, 0.717) is 48.8 Å². The number of amides is 1. The summed E-state index contributed by atoms with van der Waals surface area (Å²) in [5, 5.41) is 9.56. The van der Waals surface area contributed by atoms with E-state index in [1.54, 1.807) is 49.2 Å². The summed E-state index contributed by atoms with van der Waals surface area (Å²) in [7, 11) is 1.79. The lowest BCUT2D eigenvalue weighted by Gasteiger charge is -2.45. The highest BCUT2D eigenvalue weighted by Gasteiger charge is 2.39. The van der Waals surface area contributed by atoms with Crippen LogP contribution >= 0.6 is 0 Å². The van der Waals surface area contributed by atoms with Crippen molar-refractivity contribution in [3.05, 3.63) is 76.7 Å². The van der Waals surface area contributed by atoms with Gasteiger partial charge in [-0.05, 0) is 94.0 Å². The van der Waals surface area contributed by atoms with Crippen molar-refractivity contribution in [1.29, 1.82) is 0 Å². The Morgan fingerprint density at radius 1 is 0.964 bits per heavy atom. The quantitative estimate of drug-likeness (QED) is 0.172. The molecule has 11 nitrogen and oxygen atoms in total. The Bertz CT molecular complexity index is 2060. The minimum absolute atomic E-state index is 0.00980. The van der Waals surface area contributed by atoms with Gasteiger partial charge in [-0.1, -0.05) is 0 Å². The maximum Gasteiger partial charge on any atom is 0.338 e. The number of ether oxygens (including phenoxy) is 2. The predicted molar refractivity (Wildman–Crippen MR) is 205 cm³/mol. The predicted octanol–water partition coefficient (Wildman–Crippen LogP) is 7.41. The van der Waals surface area contributed by atoms with E-state index in [2.05, 4.69) is 19.6 Å². The molecule has 13 heteroatoms. The number of benzene rings is 2. The fourth-order valence-corrected chi connectivity index (χ4v) is 8.70. The monoisotopic (exact) mass is 755 g/mol. The lowest BCUT2D eigenvalue weighted by molar-refractivity contribution is -0.129. The smallest absolute Gasteiger partial charge is 0.338 e. The molecule has 1 amide bonds. The maximum absolute atomic E-state index is 14.7. The molecule has 0 unspecified atom stereocenters. The number of fused-ring (bicyclic) bond motifs is 2. The number of alkyl halides is 2. The van der Waals surface area contributed by atoms with Crippen LogP contribution in [0.1, 0.15) is 105 Å². The lowest BCUT2D eigenvalue weighted by Crippen LogP contribution is -2.52. The fraction of sp³-hybridized carbons (Fsp3) is 0.524. The number of piperidine rings is 1. The lowest BCUT2D eigenvalue weighted by atomic mass is 9.86. The number of halogens is 2. The van der Waals surface area contributed by atoms with Crippen LogP contribution in [0.4, 0.5) is 20.3 Å². The van der Waals surface area contributed by atoms with Crippen LogP contribution in [-0.4, -0.2) is 85.2 Å². The van der Waals surface area contributed by atoms with Crippen LogP contribution < -0.4 is 9.64 Å². The summed E-state index contributed by atoms with van der Waals surface area (Å²) in [6, 6.07) is 11.4. The van der Waals surface area contributed by atoms with Crippen LogP contribution in [0.25, 0.3) is 11.1 Å². The molecule has 2 fully saturated rings. The third kappa shape index (κ3) is 7.59. The fourth-order valence-electron chi connectivity index (χ4n) is 8.70. The third-order valence-corrected chi connectivity index (χ3v) is 11.6. The van der Waals surface area contributed by atoms with Gasteiger partial charge in [-0.25, -0.2) is 13.6 Å². The number of carbonyl (C=O) groups is 2. The summed E-state index contributed by atoms with van der Waals surface area (Å²) in [5.74, 6) is 1.23. The van der Waals surface area contributed by atoms with Gasteiger partial charge in [0.25, 0.3) is 6.43 Å². The van der Waals surface area contributed by atoms with E-state index < -0.39 is 12.0 Å². The summed E-state index contributed by atoms with van der Waals surface area (Å²) in [4.78, 5) is 31.6. The molecule has 8 rings (SSSR count). The van der Waals surface area contributed by atoms with Gasteiger partial charge < -0.3 is 19.3 Å². The number of hydrogen-bond donors (Lipinski definition) is 0. The number of esters is 1. The van der Waals surface area contributed by atoms with E-state index >= 15 is 0 Å². The molecule has 0 radical (unpaired) electrons. The Kier molecular flexibility index (Phi) is 9.93. The van der Waals surface area contributed by atoms with E-state index in [1.165, 1.54) is 0 Å². The highest BCUT2D eigenvalue weighted by atomic mass is 19.3. The molecule has 0 N–H and O–H groups in total. The summed E-state index contributed by atoms with van der Waals surface area (Å²) >= 11 is 0. The van der Waals surface area contributed by atoms with Crippen LogP contribution in [0.2, 0.25) is 0 Å². The molecule has 5 heterocycles. The van der Waals surface area contributed by atoms with Crippen molar-refractivity contribution in [1.82, 2.24) is 29.4 Å². The molecule has 0 spiro atoms. The molecule has 1 aliphatic carbocycles. The van der Waals surface area contributed by atoms with Crippen LogP contribution in [0, 0.1) is 0 Å². The molecule has 1 saturated heterocycles. The Morgan fingerprint density at radius 3 is 2.36 bits per heavy atom. The first-order valence-electron chi connectivity index (χ1n) is 19.6. The maximum atomic E-state index is 14.7. The summed E-state index contributed by atoms with van der Waals surface area (Å²) in [6.45, 7) is 10.9. The van der Waals surface area contributed by atoms with Crippen LogP contribution in [0.5, 0.6) is 5.75 Å². The molecule has 292 valence electrons. The topological polar surface area (TPSA) is 98.0 Å². The third-order valence-electron chi connectivity index (χ3n) is 11.6. The second-order valence-electron chi connectivity index (χ2n) is 16.6. The number of likely N-dealkylation sites (tertiary alicyclic amines) is 1. The largest absolute Gasteiger partial charge is 0.490 e. The number of hydrogen-bond acceptors (Lipinski definition) is 8. The average molecular weight is 756 g/mol. The first kappa shape index (κ1) is 37.2.